The zero-order chi connectivity index (χ0) is 21.3. The number of aryl methyl sites for hydroxylation is 1. The molecular weight excluding hydrogens is 394 g/mol. The Hall–Kier alpha value is -2.86. The van der Waals surface area contributed by atoms with Gasteiger partial charge in [0.25, 0.3) is 0 Å². The zero-order valence-corrected chi connectivity index (χ0v) is 18.3. The molecule has 1 amide bonds. The summed E-state index contributed by atoms with van der Waals surface area (Å²) >= 11 is 1.60. The molecule has 0 saturated heterocycles. The predicted octanol–water partition coefficient (Wildman–Crippen LogP) is 5.16. The maximum atomic E-state index is 12.7. The molecule has 30 heavy (non-hydrogen) atoms. The van der Waals surface area contributed by atoms with Gasteiger partial charge in [-0.25, -0.2) is 4.98 Å². The van der Waals surface area contributed by atoms with Crippen LogP contribution in [0.3, 0.4) is 0 Å². The average Bonchev–Trinajstić information content (AvgIpc) is 3.16. The Bertz CT molecular complexity index is 1080. The van der Waals surface area contributed by atoms with Crippen LogP contribution in [-0.4, -0.2) is 28.2 Å². The number of anilines is 1. The van der Waals surface area contributed by atoms with Crippen LogP contribution in [0.4, 0.5) is 5.69 Å². The highest BCUT2D eigenvalue weighted by atomic mass is 32.1. The van der Waals surface area contributed by atoms with E-state index in [1.54, 1.807) is 28.6 Å². The summed E-state index contributed by atoms with van der Waals surface area (Å²) in [5, 5.41) is 3.01. The first-order chi connectivity index (χ1) is 14.3. The van der Waals surface area contributed by atoms with Crippen molar-refractivity contribution in [2.24, 2.45) is 5.41 Å². The summed E-state index contributed by atoms with van der Waals surface area (Å²) < 4.78 is 0. The first kappa shape index (κ1) is 20.4. The first-order valence-electron chi connectivity index (χ1n) is 10.2. The van der Waals surface area contributed by atoms with E-state index in [0.717, 1.165) is 45.9 Å². The third kappa shape index (κ3) is 4.19. The maximum absolute atomic E-state index is 12.7. The van der Waals surface area contributed by atoms with Crippen LogP contribution in [0, 0.1) is 5.41 Å². The number of hydrogen-bond acceptors (Lipinski definition) is 5. The lowest BCUT2D eigenvalue weighted by molar-refractivity contribution is -0.127. The summed E-state index contributed by atoms with van der Waals surface area (Å²) in [6.45, 7) is 5.80. The molecule has 3 aromatic rings. The number of amides is 1. The van der Waals surface area contributed by atoms with Crippen LogP contribution in [-0.2, 0) is 16.0 Å². The third-order valence-electron chi connectivity index (χ3n) is 5.37. The molecule has 154 valence electrons. The lowest BCUT2D eigenvalue weighted by Gasteiger charge is -2.26. The van der Waals surface area contributed by atoms with Crippen LogP contribution < -0.4 is 4.90 Å². The second kappa shape index (κ2) is 8.11. The van der Waals surface area contributed by atoms with E-state index in [2.05, 4.69) is 16.4 Å². The normalized spacial score (nSPS) is 14.4. The fourth-order valence-corrected chi connectivity index (χ4v) is 4.33. The minimum atomic E-state index is -0.476. The van der Waals surface area contributed by atoms with E-state index in [1.807, 2.05) is 45.0 Å². The average molecular weight is 420 g/mol. The van der Waals surface area contributed by atoms with Gasteiger partial charge < -0.3 is 4.90 Å². The lowest BCUT2D eigenvalue weighted by Crippen LogP contribution is -2.39. The first-order valence-corrected chi connectivity index (χ1v) is 11.0. The van der Waals surface area contributed by atoms with E-state index in [4.69, 9.17) is 4.98 Å². The number of rotatable bonds is 4. The minimum Gasteiger partial charge on any atom is -0.305 e. The topological polar surface area (TPSA) is 63.2 Å². The second-order valence-electron chi connectivity index (χ2n) is 8.62. The van der Waals surface area contributed by atoms with E-state index >= 15 is 0 Å². The Labute approximate surface area is 180 Å². The number of aromatic nitrogens is 2. The molecule has 0 spiro atoms. The Kier molecular flexibility index (Phi) is 5.52. The number of benzene rings is 1. The fourth-order valence-electron chi connectivity index (χ4n) is 3.50. The standard InChI is InChI=1S/C24H25N3O2S/c1-24(2,3)21(28)14-27-20-8-7-17(13-18(20)5-4-6-22(27)29)19-15-30-23(26-19)16-9-11-25-12-10-16/h7-13,15H,4-6,14H2,1-3H3. The molecule has 0 bridgehead atoms. The molecule has 0 N–H and O–H groups in total. The smallest absolute Gasteiger partial charge is 0.227 e. The van der Waals surface area contributed by atoms with Crippen LogP contribution in [0.2, 0.25) is 0 Å². The van der Waals surface area contributed by atoms with Crippen molar-refractivity contribution in [2.45, 2.75) is 40.0 Å². The number of carbonyl (C=O) groups is 2. The molecule has 0 atom stereocenters. The number of nitrogens with zero attached hydrogens (tertiary/aromatic N) is 3. The van der Waals surface area contributed by atoms with Gasteiger partial charge in [0.15, 0.2) is 5.78 Å². The molecule has 3 heterocycles. The SMILES string of the molecule is CC(C)(C)C(=O)CN1C(=O)CCCc2cc(-c3csc(-c4ccncc4)n3)ccc21. The highest BCUT2D eigenvalue weighted by Gasteiger charge is 2.29. The number of hydrogen-bond donors (Lipinski definition) is 0. The minimum absolute atomic E-state index is 0.0210. The maximum Gasteiger partial charge on any atom is 0.227 e. The molecule has 1 aliphatic rings. The van der Waals surface area contributed by atoms with Gasteiger partial charge in [-0.15, -0.1) is 11.3 Å². The molecule has 6 heteroatoms. The van der Waals surface area contributed by atoms with Crippen molar-refractivity contribution in [2.75, 3.05) is 11.4 Å². The Morgan fingerprint density at radius 2 is 1.87 bits per heavy atom. The van der Waals surface area contributed by atoms with E-state index in [1.165, 1.54) is 0 Å². The van der Waals surface area contributed by atoms with Gasteiger partial charge in [-0.3, -0.25) is 14.6 Å². The van der Waals surface area contributed by atoms with E-state index < -0.39 is 5.41 Å². The summed E-state index contributed by atoms with van der Waals surface area (Å²) in [7, 11) is 0. The fraction of sp³-hybridized carbons (Fsp3) is 0.333. The lowest BCUT2D eigenvalue weighted by atomic mass is 9.90. The van der Waals surface area contributed by atoms with Gasteiger partial charge in [-0.05, 0) is 42.7 Å². The van der Waals surface area contributed by atoms with Crippen molar-refractivity contribution in [3.8, 4) is 21.8 Å². The molecule has 1 aliphatic heterocycles. The number of ketones is 1. The van der Waals surface area contributed by atoms with Crippen LogP contribution >= 0.6 is 11.3 Å². The molecular formula is C24H25N3O2S. The summed E-state index contributed by atoms with van der Waals surface area (Å²) in [5.74, 6) is 0.0852. The van der Waals surface area contributed by atoms with Crippen LogP contribution in [0.5, 0.6) is 0 Å². The van der Waals surface area contributed by atoms with E-state index in [-0.39, 0.29) is 18.2 Å². The Morgan fingerprint density at radius 3 is 2.60 bits per heavy atom. The van der Waals surface area contributed by atoms with E-state index in [0.29, 0.717) is 6.42 Å². The van der Waals surface area contributed by atoms with Crippen molar-refractivity contribution < 1.29 is 9.59 Å². The van der Waals surface area contributed by atoms with Crippen molar-refractivity contribution >= 4 is 28.7 Å². The molecule has 4 rings (SSSR count). The number of carbonyl (C=O) groups excluding carboxylic acids is 2. The van der Waals surface area contributed by atoms with Crippen molar-refractivity contribution in [3.63, 3.8) is 0 Å². The number of thiazole rings is 1. The molecule has 0 saturated carbocycles. The molecule has 0 fully saturated rings. The highest BCUT2D eigenvalue weighted by molar-refractivity contribution is 7.13. The predicted molar refractivity (Wildman–Crippen MR) is 121 cm³/mol. The van der Waals surface area contributed by atoms with E-state index in [9.17, 15) is 9.59 Å². The molecule has 0 unspecified atom stereocenters. The van der Waals surface area contributed by atoms with Crippen LogP contribution in [0.15, 0.2) is 48.1 Å². The van der Waals surface area contributed by atoms with Gasteiger partial charge >= 0.3 is 0 Å². The summed E-state index contributed by atoms with van der Waals surface area (Å²) in [6, 6.07) is 9.99. The Morgan fingerprint density at radius 1 is 1.10 bits per heavy atom. The van der Waals surface area contributed by atoms with Gasteiger partial charge in [-0.1, -0.05) is 26.8 Å². The summed E-state index contributed by atoms with van der Waals surface area (Å²) in [4.78, 5) is 35.9. The van der Waals surface area contributed by atoms with Gasteiger partial charge in [0.05, 0.1) is 12.2 Å². The van der Waals surface area contributed by atoms with Crippen molar-refractivity contribution in [1.82, 2.24) is 9.97 Å². The summed E-state index contributed by atoms with van der Waals surface area (Å²) in [5.41, 5.74) is 4.47. The molecule has 0 radical (unpaired) electrons. The van der Waals surface area contributed by atoms with Crippen LogP contribution in [0.1, 0.15) is 39.2 Å². The quantitative estimate of drug-likeness (QED) is 0.586. The Balaban J connectivity index is 1.66. The summed E-state index contributed by atoms with van der Waals surface area (Å²) in [6.07, 6.45) is 5.60. The van der Waals surface area contributed by atoms with Gasteiger partial charge in [0.1, 0.15) is 5.01 Å². The number of Topliss-reactive ketones (excluding diaryl/α,β-unsaturated/α-hetero) is 1. The zero-order valence-electron chi connectivity index (χ0n) is 17.5. The second-order valence-corrected chi connectivity index (χ2v) is 9.48. The monoisotopic (exact) mass is 419 g/mol. The molecule has 5 nitrogen and oxygen atoms in total. The van der Waals surface area contributed by atoms with Crippen molar-refractivity contribution in [1.29, 1.82) is 0 Å². The van der Waals surface area contributed by atoms with Gasteiger partial charge in [0.2, 0.25) is 5.91 Å². The molecule has 0 aliphatic carbocycles. The van der Waals surface area contributed by atoms with Gasteiger partial charge in [-0.2, -0.15) is 0 Å². The molecule has 1 aromatic carbocycles. The largest absolute Gasteiger partial charge is 0.305 e. The highest BCUT2D eigenvalue weighted by Crippen LogP contribution is 2.34. The van der Waals surface area contributed by atoms with Crippen molar-refractivity contribution in [3.05, 3.63) is 53.7 Å². The van der Waals surface area contributed by atoms with Gasteiger partial charge in [0, 0.05) is 46.4 Å². The number of fused-ring (bicyclic) bond motifs is 1. The number of pyridine rings is 1. The third-order valence-corrected chi connectivity index (χ3v) is 6.26. The van der Waals surface area contributed by atoms with Crippen LogP contribution in [0.25, 0.3) is 21.8 Å². The molecule has 2 aromatic heterocycles.